The van der Waals surface area contributed by atoms with E-state index >= 15 is 0 Å². The molecule has 0 radical (unpaired) electrons. The van der Waals surface area contributed by atoms with Crippen LogP contribution < -0.4 is 20.5 Å². The Bertz CT molecular complexity index is 1620. The first-order chi connectivity index (χ1) is 20.8. The molecular weight excluding hydrogens is 542 g/mol. The van der Waals surface area contributed by atoms with Crippen molar-refractivity contribution in [2.75, 3.05) is 56.6 Å². The van der Waals surface area contributed by atoms with Gasteiger partial charge >= 0.3 is 0 Å². The number of hydrogen-bond acceptors (Lipinski definition) is 9. The van der Waals surface area contributed by atoms with Crippen molar-refractivity contribution in [3.8, 4) is 5.75 Å². The zero-order chi connectivity index (χ0) is 29.8. The van der Waals surface area contributed by atoms with Gasteiger partial charge in [0.25, 0.3) is 5.56 Å². The molecule has 3 aliphatic heterocycles. The van der Waals surface area contributed by atoms with Crippen LogP contribution in [0.3, 0.4) is 0 Å². The summed E-state index contributed by atoms with van der Waals surface area (Å²) in [6, 6.07) is 5.26. The molecule has 1 aromatic carbocycles. The number of fused-ring (bicyclic) bond motifs is 4. The number of hydrogen-bond donors (Lipinski definition) is 1. The maximum absolute atomic E-state index is 13.6. The average molecular weight is 586 g/mol. The molecule has 228 valence electrons. The Morgan fingerprint density at radius 2 is 1.77 bits per heavy atom. The largest absolute Gasteiger partial charge is 0.489 e. The fourth-order valence-corrected chi connectivity index (χ4v) is 7.93. The summed E-state index contributed by atoms with van der Waals surface area (Å²) in [7, 11) is 2.22. The number of Topliss-reactive ketones (excluding diaryl/α,β-unsaturated/α-hetero) is 1. The van der Waals surface area contributed by atoms with Crippen molar-refractivity contribution in [1.82, 2.24) is 24.3 Å². The van der Waals surface area contributed by atoms with Crippen LogP contribution in [0.5, 0.6) is 5.75 Å². The third-order valence-electron chi connectivity index (χ3n) is 10.2. The second kappa shape index (κ2) is 11.2. The highest BCUT2D eigenvalue weighted by Gasteiger charge is 2.37. The first-order valence-electron chi connectivity index (χ1n) is 15.9. The number of aryl methyl sites for hydroxylation is 2. The van der Waals surface area contributed by atoms with E-state index in [0.717, 1.165) is 67.7 Å². The molecule has 7 rings (SSSR count). The smallest absolute Gasteiger partial charge is 0.263 e. The first kappa shape index (κ1) is 28.3. The van der Waals surface area contributed by atoms with E-state index in [1.807, 2.05) is 13.0 Å². The number of nitrogens with one attached hydrogen (secondary N) is 1. The molecule has 1 atom stereocenters. The Kier molecular flexibility index (Phi) is 7.37. The third kappa shape index (κ3) is 5.08. The van der Waals surface area contributed by atoms with Crippen LogP contribution >= 0.6 is 0 Å². The lowest BCUT2D eigenvalue weighted by Gasteiger charge is -2.49. The molecule has 0 bridgehead atoms. The molecule has 10 nitrogen and oxygen atoms in total. The lowest BCUT2D eigenvalue weighted by atomic mass is 9.99. The summed E-state index contributed by atoms with van der Waals surface area (Å²) in [4.78, 5) is 43.2. The molecule has 10 heteroatoms. The molecule has 5 heterocycles. The fourth-order valence-electron chi connectivity index (χ4n) is 7.93. The van der Waals surface area contributed by atoms with Gasteiger partial charge in [0, 0.05) is 55.1 Å². The zero-order valence-corrected chi connectivity index (χ0v) is 25.9. The van der Waals surface area contributed by atoms with Gasteiger partial charge in [-0.25, -0.2) is 4.98 Å². The van der Waals surface area contributed by atoms with Gasteiger partial charge in [0.1, 0.15) is 18.0 Å². The van der Waals surface area contributed by atoms with Crippen molar-refractivity contribution in [3.63, 3.8) is 0 Å². The summed E-state index contributed by atoms with van der Waals surface area (Å²) in [6.45, 7) is 11.6. The monoisotopic (exact) mass is 585 g/mol. The van der Waals surface area contributed by atoms with E-state index in [0.29, 0.717) is 35.8 Å². The van der Waals surface area contributed by atoms with Gasteiger partial charge in [0.15, 0.2) is 5.78 Å². The molecular formula is C33H43N7O3. The summed E-state index contributed by atoms with van der Waals surface area (Å²) in [5.74, 6) is 1.10. The SMILES string of the molecule is CC(=O)c1c(C)c2cnc(Nc3cc(C)c4c(c3)OC[C@@H]3CN(C5CCN(C)CC5)CCN43)nc2n(C2CCCC2)c1=O. The lowest BCUT2D eigenvalue weighted by Crippen LogP contribution is -2.60. The molecule has 1 aliphatic carbocycles. The van der Waals surface area contributed by atoms with Gasteiger partial charge in [-0.2, -0.15) is 4.98 Å². The van der Waals surface area contributed by atoms with E-state index in [1.54, 1.807) is 10.8 Å². The van der Waals surface area contributed by atoms with Gasteiger partial charge < -0.3 is 19.9 Å². The lowest BCUT2D eigenvalue weighted by molar-refractivity contribution is 0.0867. The number of ketones is 1. The standard InChI is InChI=1S/C33H43N7O3/c1-20-15-23(16-28-30(20)39-14-13-38(18-26(39)19-43-28)24-9-11-37(4)12-10-24)35-33-34-17-27-21(2)29(22(3)41)32(42)40(31(27)36-33)25-7-5-6-8-25/h15-17,24-26H,5-14,18-19H2,1-4H3,(H,34,35,36)/t26-/m0/s1. The molecule has 1 saturated carbocycles. The highest BCUT2D eigenvalue weighted by Crippen LogP contribution is 2.41. The third-order valence-corrected chi connectivity index (χ3v) is 10.2. The van der Waals surface area contributed by atoms with E-state index in [-0.39, 0.29) is 22.9 Å². The van der Waals surface area contributed by atoms with Crippen molar-refractivity contribution in [2.45, 2.75) is 77.4 Å². The van der Waals surface area contributed by atoms with Crippen molar-refractivity contribution >= 4 is 34.1 Å². The molecule has 2 aromatic heterocycles. The average Bonchev–Trinajstić information content (AvgIpc) is 3.51. The molecule has 3 fully saturated rings. The number of aromatic nitrogens is 3. The van der Waals surface area contributed by atoms with Crippen molar-refractivity contribution < 1.29 is 9.53 Å². The van der Waals surface area contributed by atoms with Crippen LogP contribution in [0.25, 0.3) is 11.0 Å². The molecule has 0 unspecified atom stereocenters. The zero-order valence-electron chi connectivity index (χ0n) is 25.9. The van der Waals surface area contributed by atoms with Crippen LogP contribution in [0.2, 0.25) is 0 Å². The summed E-state index contributed by atoms with van der Waals surface area (Å²) < 4.78 is 8.15. The number of piperazine rings is 1. The van der Waals surface area contributed by atoms with Gasteiger partial charge in [-0.3, -0.25) is 19.1 Å². The maximum atomic E-state index is 13.6. The summed E-state index contributed by atoms with van der Waals surface area (Å²) in [6.07, 6.45) is 8.21. The van der Waals surface area contributed by atoms with E-state index < -0.39 is 0 Å². The molecule has 4 aliphatic rings. The second-order valence-electron chi connectivity index (χ2n) is 13.1. The topological polar surface area (TPSA) is 95.8 Å². The molecule has 3 aromatic rings. The number of benzene rings is 1. The van der Waals surface area contributed by atoms with Crippen LogP contribution in [0.1, 0.15) is 73.0 Å². The molecule has 0 amide bonds. The number of likely N-dealkylation sites (tertiary alicyclic amines) is 1. The molecule has 1 N–H and O–H groups in total. The molecule has 43 heavy (non-hydrogen) atoms. The molecule has 2 saturated heterocycles. The van der Waals surface area contributed by atoms with Crippen LogP contribution in [0, 0.1) is 13.8 Å². The fraction of sp³-hybridized carbons (Fsp3) is 0.576. The highest BCUT2D eigenvalue weighted by molar-refractivity contribution is 5.99. The molecule has 0 spiro atoms. The van der Waals surface area contributed by atoms with Crippen LogP contribution in [0.4, 0.5) is 17.3 Å². The number of carbonyl (C=O) groups excluding carboxylic acids is 1. The number of carbonyl (C=O) groups is 1. The second-order valence-corrected chi connectivity index (χ2v) is 13.1. The Morgan fingerprint density at radius 3 is 2.51 bits per heavy atom. The summed E-state index contributed by atoms with van der Waals surface area (Å²) >= 11 is 0. The van der Waals surface area contributed by atoms with Gasteiger partial charge in [0.05, 0.1) is 17.3 Å². The number of rotatable bonds is 5. The van der Waals surface area contributed by atoms with Crippen LogP contribution in [0.15, 0.2) is 23.1 Å². The van der Waals surface area contributed by atoms with Crippen molar-refractivity contribution in [1.29, 1.82) is 0 Å². The van der Waals surface area contributed by atoms with Crippen LogP contribution in [-0.2, 0) is 0 Å². The Labute approximate surface area is 253 Å². The minimum atomic E-state index is -0.238. The van der Waals surface area contributed by atoms with Crippen LogP contribution in [-0.4, -0.2) is 88.6 Å². The minimum Gasteiger partial charge on any atom is -0.489 e. The van der Waals surface area contributed by atoms with Gasteiger partial charge in [0.2, 0.25) is 5.95 Å². The van der Waals surface area contributed by atoms with Gasteiger partial charge in [-0.15, -0.1) is 0 Å². The number of anilines is 3. The van der Waals surface area contributed by atoms with Gasteiger partial charge in [-0.1, -0.05) is 12.8 Å². The summed E-state index contributed by atoms with van der Waals surface area (Å²) in [5.41, 5.74) is 4.44. The van der Waals surface area contributed by atoms with Crippen molar-refractivity contribution in [3.05, 3.63) is 45.4 Å². The predicted octanol–water partition coefficient (Wildman–Crippen LogP) is 4.45. The quantitative estimate of drug-likeness (QED) is 0.436. The van der Waals surface area contributed by atoms with E-state index in [1.165, 1.54) is 38.5 Å². The Hall–Kier alpha value is -3.50. The number of pyridine rings is 1. The Morgan fingerprint density at radius 1 is 1.00 bits per heavy atom. The minimum absolute atomic E-state index is 0.0451. The van der Waals surface area contributed by atoms with E-state index in [2.05, 4.69) is 45.0 Å². The number of nitrogens with zero attached hydrogens (tertiary/aromatic N) is 6. The van der Waals surface area contributed by atoms with Crippen molar-refractivity contribution in [2.24, 2.45) is 0 Å². The predicted molar refractivity (Wildman–Crippen MR) is 169 cm³/mol. The number of ether oxygens (including phenoxy) is 1. The van der Waals surface area contributed by atoms with Gasteiger partial charge in [-0.05, 0) is 83.8 Å². The Balaban J connectivity index is 1.16. The maximum Gasteiger partial charge on any atom is 0.263 e. The normalized spacial score (nSPS) is 22.0. The van der Waals surface area contributed by atoms with E-state index in [4.69, 9.17) is 9.72 Å². The highest BCUT2D eigenvalue weighted by atomic mass is 16.5. The van der Waals surface area contributed by atoms with E-state index in [9.17, 15) is 9.59 Å². The first-order valence-corrected chi connectivity index (χ1v) is 15.9. The summed E-state index contributed by atoms with van der Waals surface area (Å²) in [5, 5.41) is 4.14. The number of piperidine rings is 1.